The van der Waals surface area contributed by atoms with Gasteiger partial charge in [-0.1, -0.05) is 33.8 Å². The number of aliphatic carboxylic acids is 2. The highest BCUT2D eigenvalue weighted by molar-refractivity contribution is 5.96. The molecule has 0 aromatic heterocycles. The third-order valence-electron chi connectivity index (χ3n) is 3.04. The molecule has 0 spiro atoms. The van der Waals surface area contributed by atoms with Gasteiger partial charge in [-0.3, -0.25) is 4.79 Å². The molecule has 0 bridgehead atoms. The van der Waals surface area contributed by atoms with Crippen molar-refractivity contribution in [2.45, 2.75) is 40.5 Å². The monoisotopic (exact) mass is 228 g/mol. The van der Waals surface area contributed by atoms with Gasteiger partial charge in [0.05, 0.1) is 5.57 Å². The average molecular weight is 228 g/mol. The summed E-state index contributed by atoms with van der Waals surface area (Å²) >= 11 is 0. The van der Waals surface area contributed by atoms with Crippen LogP contribution in [0.5, 0.6) is 0 Å². The smallest absolute Gasteiger partial charge is 0.332 e. The highest BCUT2D eigenvalue weighted by Crippen LogP contribution is 2.39. The summed E-state index contributed by atoms with van der Waals surface area (Å²) in [7, 11) is 0. The maximum atomic E-state index is 11.4. The molecule has 1 atom stereocenters. The quantitative estimate of drug-likeness (QED) is 0.685. The van der Waals surface area contributed by atoms with Crippen LogP contribution in [0.3, 0.4) is 0 Å². The van der Waals surface area contributed by atoms with E-state index in [-0.39, 0.29) is 17.9 Å². The van der Waals surface area contributed by atoms with Crippen molar-refractivity contribution >= 4 is 11.9 Å². The Bertz CT molecular complexity index is 304. The van der Waals surface area contributed by atoms with Gasteiger partial charge in [0, 0.05) is 0 Å². The van der Waals surface area contributed by atoms with Gasteiger partial charge in [-0.05, 0) is 18.8 Å². The predicted molar refractivity (Wildman–Crippen MR) is 61.2 cm³/mol. The summed E-state index contributed by atoms with van der Waals surface area (Å²) in [6.45, 7) is 6.99. The summed E-state index contributed by atoms with van der Waals surface area (Å²) in [5.41, 5.74) is -1.29. The van der Waals surface area contributed by atoms with Gasteiger partial charge < -0.3 is 10.2 Å². The number of carboxylic acids is 2. The lowest BCUT2D eigenvalue weighted by atomic mass is 9.69. The molecule has 0 aliphatic carbocycles. The van der Waals surface area contributed by atoms with E-state index in [0.29, 0.717) is 6.42 Å². The number of rotatable bonds is 6. The lowest BCUT2D eigenvalue weighted by Gasteiger charge is -2.33. The molecule has 0 saturated carbocycles. The second-order valence-corrected chi connectivity index (χ2v) is 4.12. The normalized spacial score (nSPS) is 15.9. The van der Waals surface area contributed by atoms with Crippen LogP contribution in [0.25, 0.3) is 0 Å². The lowest BCUT2D eigenvalue weighted by molar-refractivity contribution is -0.152. The molecule has 16 heavy (non-hydrogen) atoms. The molecule has 4 heteroatoms. The number of allylic oxidation sites excluding steroid dienone is 1. The molecule has 0 amide bonds. The standard InChI is InChI=1S/C12H20O4/c1-5-7-9(10(13)14)12(6-2,8(3)4)11(15)16/h7-8H,5-6H2,1-4H3,(H,13,14)(H,15,16). The van der Waals surface area contributed by atoms with E-state index in [9.17, 15) is 14.7 Å². The Kier molecular flexibility index (Phi) is 5.21. The third-order valence-corrected chi connectivity index (χ3v) is 3.04. The molecule has 1 unspecified atom stereocenters. The van der Waals surface area contributed by atoms with Gasteiger partial charge in [0.15, 0.2) is 0 Å². The van der Waals surface area contributed by atoms with Crippen LogP contribution in [-0.4, -0.2) is 22.2 Å². The summed E-state index contributed by atoms with van der Waals surface area (Å²) in [5.74, 6) is -2.46. The summed E-state index contributed by atoms with van der Waals surface area (Å²) < 4.78 is 0. The van der Waals surface area contributed by atoms with Crippen molar-refractivity contribution in [2.75, 3.05) is 0 Å². The van der Waals surface area contributed by atoms with E-state index in [4.69, 9.17) is 5.11 Å². The first-order chi connectivity index (χ1) is 7.34. The van der Waals surface area contributed by atoms with Crippen molar-refractivity contribution in [2.24, 2.45) is 11.3 Å². The molecule has 0 aliphatic heterocycles. The third kappa shape index (κ3) is 2.43. The van der Waals surface area contributed by atoms with Crippen LogP contribution in [0, 0.1) is 11.3 Å². The maximum absolute atomic E-state index is 11.4. The van der Waals surface area contributed by atoms with Crippen molar-refractivity contribution in [1.29, 1.82) is 0 Å². The molecule has 0 radical (unpaired) electrons. The Labute approximate surface area is 96.0 Å². The van der Waals surface area contributed by atoms with Gasteiger partial charge in [-0.15, -0.1) is 0 Å². The molecule has 0 saturated heterocycles. The lowest BCUT2D eigenvalue weighted by Crippen LogP contribution is -2.40. The minimum absolute atomic E-state index is 0.000000000000000666. The fraction of sp³-hybridized carbons (Fsp3) is 0.667. The second kappa shape index (κ2) is 5.68. The Hall–Kier alpha value is -1.32. The molecule has 92 valence electrons. The minimum atomic E-state index is -1.29. The zero-order valence-electron chi connectivity index (χ0n) is 10.3. The molecule has 0 aromatic rings. The number of carboxylic acid groups (broad SMARTS) is 2. The summed E-state index contributed by atoms with van der Waals surface area (Å²) in [6, 6.07) is 0. The number of hydrogen-bond donors (Lipinski definition) is 2. The van der Waals surface area contributed by atoms with E-state index in [2.05, 4.69) is 0 Å². The molecule has 0 rings (SSSR count). The van der Waals surface area contributed by atoms with Crippen LogP contribution in [-0.2, 0) is 9.59 Å². The molecule has 2 N–H and O–H groups in total. The molecule has 4 nitrogen and oxygen atoms in total. The fourth-order valence-corrected chi connectivity index (χ4v) is 2.09. The number of hydrogen-bond acceptors (Lipinski definition) is 2. The molecular weight excluding hydrogens is 208 g/mol. The minimum Gasteiger partial charge on any atom is -0.481 e. The van der Waals surface area contributed by atoms with Crippen LogP contribution in [0.15, 0.2) is 11.6 Å². The molecule has 0 heterocycles. The van der Waals surface area contributed by atoms with E-state index in [1.807, 2.05) is 0 Å². The van der Waals surface area contributed by atoms with Gasteiger partial charge >= 0.3 is 11.9 Å². The van der Waals surface area contributed by atoms with E-state index in [0.717, 1.165) is 0 Å². The molecular formula is C12H20O4. The molecule has 0 aliphatic rings. The first kappa shape index (κ1) is 14.7. The van der Waals surface area contributed by atoms with E-state index in [1.165, 1.54) is 6.08 Å². The highest BCUT2D eigenvalue weighted by atomic mass is 16.4. The zero-order chi connectivity index (χ0) is 12.9. The SMILES string of the molecule is CCC=C(C(=O)O)C(CC)(C(=O)O)C(C)C. The van der Waals surface area contributed by atoms with Gasteiger partial charge in [0.2, 0.25) is 0 Å². The van der Waals surface area contributed by atoms with Crippen LogP contribution in [0.2, 0.25) is 0 Å². The van der Waals surface area contributed by atoms with Gasteiger partial charge in [0.25, 0.3) is 0 Å². The number of carbonyl (C=O) groups is 2. The van der Waals surface area contributed by atoms with E-state index >= 15 is 0 Å². The van der Waals surface area contributed by atoms with Crippen molar-refractivity contribution in [3.63, 3.8) is 0 Å². The van der Waals surface area contributed by atoms with E-state index < -0.39 is 17.4 Å². The maximum Gasteiger partial charge on any atom is 0.332 e. The van der Waals surface area contributed by atoms with Crippen molar-refractivity contribution in [1.82, 2.24) is 0 Å². The zero-order valence-corrected chi connectivity index (χ0v) is 10.3. The fourth-order valence-electron chi connectivity index (χ4n) is 2.09. The van der Waals surface area contributed by atoms with Crippen LogP contribution in [0.4, 0.5) is 0 Å². The van der Waals surface area contributed by atoms with Crippen LogP contribution < -0.4 is 0 Å². The Balaban J connectivity index is 5.72. The van der Waals surface area contributed by atoms with Gasteiger partial charge in [0.1, 0.15) is 5.41 Å². The van der Waals surface area contributed by atoms with Crippen molar-refractivity contribution in [3.8, 4) is 0 Å². The first-order valence-corrected chi connectivity index (χ1v) is 5.51. The Morgan fingerprint density at radius 1 is 1.25 bits per heavy atom. The highest BCUT2D eigenvalue weighted by Gasteiger charge is 2.46. The van der Waals surface area contributed by atoms with Crippen molar-refractivity contribution in [3.05, 3.63) is 11.6 Å². The first-order valence-electron chi connectivity index (χ1n) is 5.51. The Morgan fingerprint density at radius 3 is 1.94 bits per heavy atom. The Morgan fingerprint density at radius 2 is 1.75 bits per heavy atom. The predicted octanol–water partition coefficient (Wildman–Crippen LogP) is 2.54. The van der Waals surface area contributed by atoms with Crippen molar-refractivity contribution < 1.29 is 19.8 Å². The van der Waals surface area contributed by atoms with Gasteiger partial charge in [-0.25, -0.2) is 4.79 Å². The second-order valence-electron chi connectivity index (χ2n) is 4.12. The topological polar surface area (TPSA) is 74.6 Å². The summed E-state index contributed by atoms with van der Waals surface area (Å²) in [6.07, 6.45) is 2.29. The largest absolute Gasteiger partial charge is 0.481 e. The summed E-state index contributed by atoms with van der Waals surface area (Å²) in [5, 5.41) is 18.5. The molecule has 0 aromatic carbocycles. The molecule has 0 fully saturated rings. The van der Waals surface area contributed by atoms with Crippen LogP contribution in [0.1, 0.15) is 40.5 Å². The van der Waals surface area contributed by atoms with Gasteiger partial charge in [-0.2, -0.15) is 0 Å². The average Bonchev–Trinajstić information content (AvgIpc) is 2.16. The summed E-state index contributed by atoms with van der Waals surface area (Å²) in [4.78, 5) is 22.6. The van der Waals surface area contributed by atoms with E-state index in [1.54, 1.807) is 27.7 Å². The van der Waals surface area contributed by atoms with Crippen LogP contribution >= 0.6 is 0 Å².